The van der Waals surface area contributed by atoms with Crippen molar-refractivity contribution in [2.75, 3.05) is 0 Å². The van der Waals surface area contributed by atoms with Crippen molar-refractivity contribution < 1.29 is 4.39 Å². The van der Waals surface area contributed by atoms with Crippen molar-refractivity contribution in [3.63, 3.8) is 0 Å². The van der Waals surface area contributed by atoms with E-state index in [0.29, 0.717) is 11.0 Å². The summed E-state index contributed by atoms with van der Waals surface area (Å²) >= 11 is 0. The molecule has 0 amide bonds. The van der Waals surface area contributed by atoms with Crippen LogP contribution < -0.4 is 5.32 Å². The summed E-state index contributed by atoms with van der Waals surface area (Å²) in [6.45, 7) is 13.8. The van der Waals surface area contributed by atoms with Gasteiger partial charge < -0.3 is 5.32 Å². The molecular formula is C16H26FN. The number of rotatable bonds is 4. The van der Waals surface area contributed by atoms with E-state index < -0.39 is 0 Å². The van der Waals surface area contributed by atoms with Gasteiger partial charge in [-0.2, -0.15) is 0 Å². The Kier molecular flexibility index (Phi) is 4.55. The standard InChI is InChI=1S/C16H26FN/c1-12-9-13(7-8-14(12)17)10-18-16(5,6)11-15(2,3)4/h7-9,18H,10-11H2,1-6H3. The highest BCUT2D eigenvalue weighted by atomic mass is 19.1. The van der Waals surface area contributed by atoms with E-state index in [0.717, 1.165) is 18.5 Å². The van der Waals surface area contributed by atoms with Crippen LogP contribution in [0.4, 0.5) is 4.39 Å². The second-order valence-electron chi connectivity index (χ2n) is 7.06. The van der Waals surface area contributed by atoms with Gasteiger partial charge in [0.2, 0.25) is 0 Å². The minimum absolute atomic E-state index is 0.0839. The molecule has 18 heavy (non-hydrogen) atoms. The van der Waals surface area contributed by atoms with Gasteiger partial charge in [-0.15, -0.1) is 0 Å². The van der Waals surface area contributed by atoms with Crippen LogP contribution in [0.5, 0.6) is 0 Å². The molecule has 1 aromatic rings. The van der Waals surface area contributed by atoms with Gasteiger partial charge in [-0.05, 0) is 49.8 Å². The van der Waals surface area contributed by atoms with Crippen molar-refractivity contribution in [1.29, 1.82) is 0 Å². The monoisotopic (exact) mass is 251 g/mol. The summed E-state index contributed by atoms with van der Waals surface area (Å²) in [7, 11) is 0. The first-order chi connectivity index (χ1) is 8.09. The summed E-state index contributed by atoms with van der Waals surface area (Å²) in [6.07, 6.45) is 1.10. The lowest BCUT2D eigenvalue weighted by Gasteiger charge is -2.33. The number of halogens is 1. The van der Waals surface area contributed by atoms with Gasteiger partial charge in [0.25, 0.3) is 0 Å². The van der Waals surface area contributed by atoms with E-state index in [9.17, 15) is 4.39 Å². The third-order valence-corrected chi connectivity index (χ3v) is 2.97. The predicted octanol–water partition coefficient (Wildman–Crippen LogP) is 4.44. The molecule has 1 aromatic carbocycles. The second kappa shape index (κ2) is 5.40. The Morgan fingerprint density at radius 1 is 1.11 bits per heavy atom. The normalized spacial score (nSPS) is 12.8. The highest BCUT2D eigenvalue weighted by Crippen LogP contribution is 2.27. The van der Waals surface area contributed by atoms with Gasteiger partial charge in [-0.25, -0.2) is 4.39 Å². The van der Waals surface area contributed by atoms with E-state index in [-0.39, 0.29) is 11.4 Å². The number of aryl methyl sites for hydroxylation is 1. The Morgan fingerprint density at radius 2 is 1.72 bits per heavy atom. The average molecular weight is 251 g/mol. The van der Waals surface area contributed by atoms with Gasteiger partial charge >= 0.3 is 0 Å². The summed E-state index contributed by atoms with van der Waals surface area (Å²) in [5.41, 5.74) is 2.23. The topological polar surface area (TPSA) is 12.0 Å². The van der Waals surface area contributed by atoms with Crippen LogP contribution in [0.3, 0.4) is 0 Å². The maximum atomic E-state index is 13.2. The van der Waals surface area contributed by atoms with Crippen LogP contribution in [0, 0.1) is 18.2 Å². The van der Waals surface area contributed by atoms with Crippen molar-refractivity contribution in [2.24, 2.45) is 5.41 Å². The summed E-state index contributed by atoms with van der Waals surface area (Å²) in [6, 6.07) is 5.31. The minimum Gasteiger partial charge on any atom is -0.308 e. The molecule has 0 aromatic heterocycles. The third-order valence-electron chi connectivity index (χ3n) is 2.97. The van der Waals surface area contributed by atoms with E-state index in [1.165, 1.54) is 0 Å². The summed E-state index contributed by atoms with van der Waals surface area (Å²) in [5, 5.41) is 3.56. The van der Waals surface area contributed by atoms with Crippen LogP contribution in [0.15, 0.2) is 18.2 Å². The third kappa shape index (κ3) is 5.18. The smallest absolute Gasteiger partial charge is 0.126 e. The molecule has 0 radical (unpaired) electrons. The van der Waals surface area contributed by atoms with Crippen LogP contribution in [-0.4, -0.2) is 5.54 Å². The lowest BCUT2D eigenvalue weighted by Crippen LogP contribution is -2.41. The molecule has 1 nitrogen and oxygen atoms in total. The largest absolute Gasteiger partial charge is 0.308 e. The number of hydrogen-bond acceptors (Lipinski definition) is 1. The molecule has 0 bridgehead atoms. The molecule has 0 spiro atoms. The lowest BCUT2D eigenvalue weighted by molar-refractivity contribution is 0.240. The van der Waals surface area contributed by atoms with Gasteiger partial charge in [0.15, 0.2) is 0 Å². The minimum atomic E-state index is -0.132. The summed E-state index contributed by atoms with van der Waals surface area (Å²) in [5.74, 6) is -0.132. The van der Waals surface area contributed by atoms with E-state index in [4.69, 9.17) is 0 Å². The quantitative estimate of drug-likeness (QED) is 0.834. The van der Waals surface area contributed by atoms with Gasteiger partial charge in [0.1, 0.15) is 5.82 Å². The Labute approximate surface area is 111 Å². The molecule has 102 valence electrons. The molecule has 0 aliphatic heterocycles. The second-order valence-corrected chi connectivity index (χ2v) is 7.06. The molecule has 1 rings (SSSR count). The van der Waals surface area contributed by atoms with Gasteiger partial charge in [-0.1, -0.05) is 32.9 Å². The van der Waals surface area contributed by atoms with Crippen molar-refractivity contribution in [3.8, 4) is 0 Å². The van der Waals surface area contributed by atoms with Gasteiger partial charge in [0.05, 0.1) is 0 Å². The van der Waals surface area contributed by atoms with E-state index in [1.54, 1.807) is 13.0 Å². The fourth-order valence-electron chi connectivity index (χ4n) is 2.55. The maximum absolute atomic E-state index is 13.2. The lowest BCUT2D eigenvalue weighted by atomic mass is 9.82. The number of nitrogens with one attached hydrogen (secondary N) is 1. The first-order valence-corrected chi connectivity index (χ1v) is 6.59. The molecule has 0 aliphatic carbocycles. The van der Waals surface area contributed by atoms with E-state index in [2.05, 4.69) is 39.9 Å². The number of benzene rings is 1. The first-order valence-electron chi connectivity index (χ1n) is 6.59. The van der Waals surface area contributed by atoms with Crippen LogP contribution in [-0.2, 0) is 6.54 Å². The van der Waals surface area contributed by atoms with Crippen LogP contribution in [0.25, 0.3) is 0 Å². The van der Waals surface area contributed by atoms with Crippen molar-refractivity contribution in [1.82, 2.24) is 5.32 Å². The zero-order valence-corrected chi connectivity index (χ0v) is 12.5. The number of hydrogen-bond donors (Lipinski definition) is 1. The first kappa shape index (κ1) is 15.2. The molecule has 0 unspecified atom stereocenters. The highest BCUT2D eigenvalue weighted by Gasteiger charge is 2.24. The molecule has 0 saturated heterocycles. The van der Waals surface area contributed by atoms with E-state index in [1.807, 2.05) is 12.1 Å². The zero-order valence-electron chi connectivity index (χ0n) is 12.5. The molecule has 0 heterocycles. The molecular weight excluding hydrogens is 225 g/mol. The zero-order chi connectivity index (χ0) is 14.0. The van der Waals surface area contributed by atoms with Gasteiger partial charge in [-0.3, -0.25) is 0 Å². The Bertz CT molecular complexity index is 402. The van der Waals surface area contributed by atoms with Crippen molar-refractivity contribution >= 4 is 0 Å². The molecule has 0 aliphatic rings. The molecule has 1 N–H and O–H groups in total. The highest BCUT2D eigenvalue weighted by molar-refractivity contribution is 5.23. The molecule has 0 atom stereocenters. The summed E-state index contributed by atoms with van der Waals surface area (Å²) in [4.78, 5) is 0. The van der Waals surface area contributed by atoms with Crippen LogP contribution in [0.1, 0.15) is 52.2 Å². The summed E-state index contributed by atoms with van der Waals surface area (Å²) < 4.78 is 13.2. The Balaban J connectivity index is 2.61. The molecule has 0 saturated carbocycles. The Hall–Kier alpha value is -0.890. The molecule has 0 fully saturated rings. The molecule has 2 heteroatoms. The predicted molar refractivity (Wildman–Crippen MR) is 76.1 cm³/mol. The average Bonchev–Trinajstić information content (AvgIpc) is 2.16. The van der Waals surface area contributed by atoms with Crippen molar-refractivity contribution in [2.45, 2.75) is 60.0 Å². The van der Waals surface area contributed by atoms with E-state index >= 15 is 0 Å². The maximum Gasteiger partial charge on any atom is 0.126 e. The van der Waals surface area contributed by atoms with Crippen LogP contribution in [0.2, 0.25) is 0 Å². The van der Waals surface area contributed by atoms with Gasteiger partial charge in [0, 0.05) is 12.1 Å². The SMILES string of the molecule is Cc1cc(CNC(C)(C)CC(C)(C)C)ccc1F. The fourth-order valence-corrected chi connectivity index (χ4v) is 2.55. The van der Waals surface area contributed by atoms with Crippen molar-refractivity contribution in [3.05, 3.63) is 35.1 Å². The van der Waals surface area contributed by atoms with Crippen LogP contribution >= 0.6 is 0 Å². The Morgan fingerprint density at radius 3 is 2.22 bits per heavy atom. The fraction of sp³-hybridized carbons (Fsp3) is 0.625.